The Morgan fingerprint density at radius 1 is 1.00 bits per heavy atom. The Morgan fingerprint density at radius 2 is 1.79 bits per heavy atom. The molecule has 0 bridgehead atoms. The van der Waals surface area contributed by atoms with E-state index in [2.05, 4.69) is 10.3 Å². The Labute approximate surface area is 201 Å². The third-order valence-corrected chi connectivity index (χ3v) is 6.25. The van der Waals surface area contributed by atoms with Gasteiger partial charge in [0.1, 0.15) is 17.6 Å². The molecular formula is C27H23ClN4O2. The Bertz CT molecular complexity index is 1620. The molecule has 2 aromatic heterocycles. The van der Waals surface area contributed by atoms with Gasteiger partial charge in [-0.2, -0.15) is 0 Å². The number of hydrogen-bond acceptors (Lipinski definition) is 3. The molecule has 0 saturated heterocycles. The molecule has 5 aromatic rings. The summed E-state index contributed by atoms with van der Waals surface area (Å²) in [5.74, 6) is -0.217. The first kappa shape index (κ1) is 21.9. The lowest BCUT2D eigenvalue weighted by atomic mass is 10.1. The minimum Gasteiger partial charge on any atom is -0.325 e. The van der Waals surface area contributed by atoms with Crippen LogP contribution in [0.15, 0.2) is 77.9 Å². The first-order valence-electron chi connectivity index (χ1n) is 11.0. The average Bonchev–Trinajstić information content (AvgIpc) is 3.10. The van der Waals surface area contributed by atoms with E-state index in [-0.39, 0.29) is 24.6 Å². The predicted octanol–water partition coefficient (Wildman–Crippen LogP) is 5.31. The summed E-state index contributed by atoms with van der Waals surface area (Å²) in [6.45, 7) is 4.24. The molecule has 0 aliphatic heterocycles. The summed E-state index contributed by atoms with van der Waals surface area (Å²) in [5, 5.41) is 4.37. The zero-order chi connectivity index (χ0) is 23.8. The Morgan fingerprint density at radius 3 is 2.59 bits per heavy atom. The molecule has 0 radical (unpaired) electrons. The van der Waals surface area contributed by atoms with Crippen molar-refractivity contribution in [2.45, 2.75) is 26.9 Å². The highest BCUT2D eigenvalue weighted by atomic mass is 35.5. The maximum atomic E-state index is 13.6. The van der Waals surface area contributed by atoms with Gasteiger partial charge in [0.25, 0.3) is 5.56 Å². The number of aromatic nitrogens is 3. The maximum absolute atomic E-state index is 13.6. The summed E-state index contributed by atoms with van der Waals surface area (Å²) in [5.41, 5.74) is 5.20. The van der Waals surface area contributed by atoms with E-state index in [9.17, 15) is 9.59 Å². The van der Waals surface area contributed by atoms with Gasteiger partial charge in [-0.3, -0.25) is 14.2 Å². The minimum absolute atomic E-state index is 0.00989. The molecule has 0 fully saturated rings. The Balaban J connectivity index is 1.62. The molecule has 0 saturated carbocycles. The number of fused-ring (bicyclic) bond motifs is 3. The Hall–Kier alpha value is -3.90. The summed E-state index contributed by atoms with van der Waals surface area (Å²) in [6.07, 6.45) is 1.55. The average molecular weight is 471 g/mol. The van der Waals surface area contributed by atoms with E-state index in [1.54, 1.807) is 17.0 Å². The molecule has 1 N–H and O–H groups in total. The first-order valence-corrected chi connectivity index (χ1v) is 11.4. The summed E-state index contributed by atoms with van der Waals surface area (Å²) in [6, 6.07) is 20.9. The fraction of sp³-hybridized carbons (Fsp3) is 0.148. The monoisotopic (exact) mass is 470 g/mol. The number of rotatable bonds is 5. The van der Waals surface area contributed by atoms with E-state index in [0.29, 0.717) is 16.1 Å². The van der Waals surface area contributed by atoms with Gasteiger partial charge >= 0.3 is 0 Å². The number of carbonyl (C=O) groups excluding carboxylic acids is 1. The van der Waals surface area contributed by atoms with Crippen LogP contribution in [0.5, 0.6) is 0 Å². The third kappa shape index (κ3) is 4.08. The molecule has 3 aromatic carbocycles. The number of nitrogens with zero attached hydrogens (tertiary/aromatic N) is 3. The van der Waals surface area contributed by atoms with Gasteiger partial charge in [0, 0.05) is 16.1 Å². The molecular weight excluding hydrogens is 448 g/mol. The van der Waals surface area contributed by atoms with Crippen LogP contribution in [0.1, 0.15) is 16.7 Å². The number of benzene rings is 3. The molecule has 0 aliphatic carbocycles. The molecule has 5 rings (SSSR count). The quantitative estimate of drug-likeness (QED) is 0.378. The largest absolute Gasteiger partial charge is 0.325 e. The smallest absolute Gasteiger partial charge is 0.278 e. The molecule has 0 atom stereocenters. The maximum Gasteiger partial charge on any atom is 0.278 e. The lowest BCUT2D eigenvalue weighted by Gasteiger charge is -2.11. The van der Waals surface area contributed by atoms with E-state index in [0.717, 1.165) is 33.3 Å². The molecule has 0 unspecified atom stereocenters. The molecule has 0 aliphatic rings. The normalized spacial score (nSPS) is 11.3. The summed E-state index contributed by atoms with van der Waals surface area (Å²) in [7, 11) is 0. The van der Waals surface area contributed by atoms with Crippen molar-refractivity contribution in [3.05, 3.63) is 105 Å². The number of anilines is 1. The van der Waals surface area contributed by atoms with E-state index in [1.165, 1.54) is 4.57 Å². The number of carbonyl (C=O) groups is 1. The number of aryl methyl sites for hydroxylation is 2. The highest BCUT2D eigenvalue weighted by molar-refractivity contribution is 6.31. The molecule has 7 heteroatoms. The van der Waals surface area contributed by atoms with Gasteiger partial charge in [-0.05, 0) is 55.3 Å². The highest BCUT2D eigenvalue weighted by Gasteiger charge is 2.19. The van der Waals surface area contributed by atoms with Crippen LogP contribution in [-0.2, 0) is 17.9 Å². The number of halogens is 1. The molecule has 6 nitrogen and oxygen atoms in total. The van der Waals surface area contributed by atoms with Crippen molar-refractivity contribution in [1.29, 1.82) is 0 Å². The van der Waals surface area contributed by atoms with Gasteiger partial charge in [0.15, 0.2) is 0 Å². The van der Waals surface area contributed by atoms with Gasteiger partial charge in [-0.25, -0.2) is 4.98 Å². The molecule has 1 amide bonds. The number of nitrogens with one attached hydrogen (secondary N) is 1. The van der Waals surface area contributed by atoms with Crippen LogP contribution in [0.25, 0.3) is 21.9 Å². The molecule has 0 spiro atoms. The standard InChI is InChI=1S/C27H23ClN4O2/c1-17-6-5-8-20(12-17)30-24(33)15-32-23-11-10-18(2)13-21(23)25-26(32)27(34)31(16-29-25)14-19-7-3-4-9-22(19)28/h3-13,16H,14-15H2,1-2H3,(H,30,33). The summed E-state index contributed by atoms with van der Waals surface area (Å²) < 4.78 is 3.29. The van der Waals surface area contributed by atoms with E-state index >= 15 is 0 Å². The van der Waals surface area contributed by atoms with Gasteiger partial charge in [-0.15, -0.1) is 0 Å². The topological polar surface area (TPSA) is 68.9 Å². The molecule has 170 valence electrons. The van der Waals surface area contributed by atoms with Crippen molar-refractivity contribution in [3.8, 4) is 0 Å². The van der Waals surface area contributed by atoms with Crippen LogP contribution in [0.4, 0.5) is 5.69 Å². The van der Waals surface area contributed by atoms with Crippen molar-refractivity contribution in [2.24, 2.45) is 0 Å². The van der Waals surface area contributed by atoms with Gasteiger partial charge in [0.2, 0.25) is 5.91 Å². The van der Waals surface area contributed by atoms with Crippen LogP contribution >= 0.6 is 11.6 Å². The van der Waals surface area contributed by atoms with Crippen molar-refractivity contribution in [1.82, 2.24) is 14.1 Å². The molecule has 34 heavy (non-hydrogen) atoms. The first-order chi connectivity index (χ1) is 16.4. The van der Waals surface area contributed by atoms with E-state index < -0.39 is 0 Å². The highest BCUT2D eigenvalue weighted by Crippen LogP contribution is 2.27. The van der Waals surface area contributed by atoms with Crippen molar-refractivity contribution < 1.29 is 4.79 Å². The second-order valence-corrected chi connectivity index (χ2v) is 8.90. The van der Waals surface area contributed by atoms with Crippen molar-refractivity contribution in [3.63, 3.8) is 0 Å². The van der Waals surface area contributed by atoms with Crippen molar-refractivity contribution in [2.75, 3.05) is 5.32 Å². The van der Waals surface area contributed by atoms with Crippen molar-refractivity contribution >= 4 is 45.1 Å². The van der Waals surface area contributed by atoms with E-state index in [1.807, 2.05) is 74.5 Å². The lowest BCUT2D eigenvalue weighted by molar-refractivity contribution is -0.116. The zero-order valence-corrected chi connectivity index (χ0v) is 19.6. The predicted molar refractivity (Wildman–Crippen MR) is 137 cm³/mol. The minimum atomic E-state index is -0.220. The fourth-order valence-corrected chi connectivity index (χ4v) is 4.46. The number of amides is 1. The van der Waals surface area contributed by atoms with Gasteiger partial charge in [-0.1, -0.05) is 53.6 Å². The summed E-state index contributed by atoms with van der Waals surface area (Å²) in [4.78, 5) is 31.3. The van der Waals surface area contributed by atoms with E-state index in [4.69, 9.17) is 11.6 Å². The Kier molecular flexibility index (Phi) is 5.67. The number of hydrogen-bond donors (Lipinski definition) is 1. The lowest BCUT2D eigenvalue weighted by Crippen LogP contribution is -2.25. The van der Waals surface area contributed by atoms with Crippen LogP contribution in [0.3, 0.4) is 0 Å². The fourth-order valence-electron chi connectivity index (χ4n) is 4.27. The zero-order valence-electron chi connectivity index (χ0n) is 18.9. The van der Waals surface area contributed by atoms with Gasteiger partial charge < -0.3 is 9.88 Å². The molecule has 2 heterocycles. The third-order valence-electron chi connectivity index (χ3n) is 5.88. The second kappa shape index (κ2) is 8.80. The van der Waals surface area contributed by atoms with Crippen LogP contribution in [0.2, 0.25) is 5.02 Å². The SMILES string of the molecule is Cc1cccc(NC(=O)Cn2c3ccc(C)cc3c3ncn(Cc4ccccc4Cl)c(=O)c32)c1. The van der Waals surface area contributed by atoms with Gasteiger partial charge in [0.05, 0.1) is 18.4 Å². The summed E-state index contributed by atoms with van der Waals surface area (Å²) >= 11 is 6.32. The van der Waals surface area contributed by atoms with Crippen LogP contribution in [-0.4, -0.2) is 20.0 Å². The van der Waals surface area contributed by atoms with Crippen LogP contribution in [0, 0.1) is 13.8 Å². The van der Waals surface area contributed by atoms with Crippen LogP contribution < -0.4 is 10.9 Å². The second-order valence-electron chi connectivity index (χ2n) is 8.49.